The molecule has 1 aromatic heterocycles. The number of aromatic amines is 1. The van der Waals surface area contributed by atoms with E-state index in [0.717, 1.165) is 0 Å². The summed E-state index contributed by atoms with van der Waals surface area (Å²) < 4.78 is 0. The number of hydrogen-bond donors (Lipinski definition) is 7. The summed E-state index contributed by atoms with van der Waals surface area (Å²) in [4.78, 5) is 68.2. The van der Waals surface area contributed by atoms with Gasteiger partial charge in [-0.2, -0.15) is 0 Å². The van der Waals surface area contributed by atoms with E-state index in [-0.39, 0.29) is 37.5 Å². The number of hydrogen-bond acceptors (Lipinski definition) is 7. The Hall–Kier alpha value is -3.48. The van der Waals surface area contributed by atoms with Crippen molar-refractivity contribution in [3.63, 3.8) is 0 Å². The Bertz CT molecular complexity index is 888. The van der Waals surface area contributed by atoms with E-state index in [2.05, 4.69) is 25.9 Å². The number of nitrogens with zero attached hydrogens (tertiary/aromatic N) is 1. The van der Waals surface area contributed by atoms with Crippen molar-refractivity contribution in [2.24, 2.45) is 23.3 Å². The molecular weight excluding hydrogens is 470 g/mol. The molecule has 1 heterocycles. The Morgan fingerprint density at radius 1 is 0.917 bits per heavy atom. The van der Waals surface area contributed by atoms with Gasteiger partial charge in [0, 0.05) is 24.7 Å². The van der Waals surface area contributed by atoms with Gasteiger partial charge < -0.3 is 37.5 Å². The summed E-state index contributed by atoms with van der Waals surface area (Å²) in [5.74, 6) is -3.76. The molecule has 0 fully saturated rings. The normalized spacial score (nSPS) is 14.5. The average molecular weight is 510 g/mol. The van der Waals surface area contributed by atoms with Crippen LogP contribution < -0.4 is 27.4 Å². The third-order valence-corrected chi connectivity index (χ3v) is 5.31. The van der Waals surface area contributed by atoms with Gasteiger partial charge in [-0.3, -0.25) is 19.2 Å². The number of aromatic nitrogens is 2. The van der Waals surface area contributed by atoms with Gasteiger partial charge >= 0.3 is 5.97 Å². The van der Waals surface area contributed by atoms with Crippen molar-refractivity contribution in [2.45, 2.75) is 84.0 Å². The second-order valence-corrected chi connectivity index (χ2v) is 9.67. The third kappa shape index (κ3) is 11.3. The van der Waals surface area contributed by atoms with Gasteiger partial charge in [-0.1, -0.05) is 27.7 Å². The van der Waals surface area contributed by atoms with Crippen LogP contribution >= 0.6 is 0 Å². The predicted octanol–water partition coefficient (Wildman–Crippen LogP) is -0.824. The molecule has 0 aliphatic rings. The monoisotopic (exact) mass is 509 g/mol. The van der Waals surface area contributed by atoms with Gasteiger partial charge in [0.1, 0.15) is 18.1 Å². The first kappa shape index (κ1) is 30.6. The molecule has 0 aliphatic heterocycles. The van der Waals surface area contributed by atoms with Crippen LogP contribution in [0.25, 0.3) is 0 Å². The molecule has 0 spiro atoms. The number of nitrogens with one attached hydrogen (secondary N) is 4. The van der Waals surface area contributed by atoms with Crippen molar-refractivity contribution < 1.29 is 29.1 Å². The molecule has 13 nitrogen and oxygen atoms in total. The fraction of sp³-hybridized carbons (Fsp3) is 0.652. The summed E-state index contributed by atoms with van der Waals surface area (Å²) in [7, 11) is 0. The van der Waals surface area contributed by atoms with E-state index in [9.17, 15) is 29.1 Å². The maximum absolute atomic E-state index is 13.1. The number of H-pyrrole nitrogens is 1. The van der Waals surface area contributed by atoms with Crippen molar-refractivity contribution in [3.05, 3.63) is 18.2 Å². The lowest BCUT2D eigenvalue weighted by Gasteiger charge is -2.26. The Balaban J connectivity index is 3.00. The van der Waals surface area contributed by atoms with E-state index in [1.165, 1.54) is 12.5 Å². The fourth-order valence-electron chi connectivity index (χ4n) is 3.51. The van der Waals surface area contributed by atoms with Crippen molar-refractivity contribution in [1.82, 2.24) is 25.9 Å². The van der Waals surface area contributed by atoms with Gasteiger partial charge in [0.05, 0.1) is 12.4 Å². The lowest BCUT2D eigenvalue weighted by Crippen LogP contribution is -2.57. The maximum Gasteiger partial charge on any atom is 0.326 e. The number of rotatable bonds is 16. The van der Waals surface area contributed by atoms with Crippen molar-refractivity contribution >= 4 is 29.6 Å². The van der Waals surface area contributed by atoms with Gasteiger partial charge in [0.25, 0.3) is 0 Å². The number of carboxylic acids is 1. The molecule has 0 aromatic carbocycles. The van der Waals surface area contributed by atoms with Crippen LogP contribution in [0.5, 0.6) is 0 Å². The Kier molecular flexibility index (Phi) is 12.6. The second kappa shape index (κ2) is 14.8. The number of carboxylic acid groups (broad SMARTS) is 1. The zero-order valence-electron chi connectivity index (χ0n) is 21.2. The fourth-order valence-corrected chi connectivity index (χ4v) is 3.51. The molecule has 0 saturated heterocycles. The molecule has 1 aromatic rings. The molecule has 1 rings (SSSR count). The molecule has 36 heavy (non-hydrogen) atoms. The van der Waals surface area contributed by atoms with E-state index in [1.807, 2.05) is 27.7 Å². The molecule has 0 aliphatic carbocycles. The van der Waals surface area contributed by atoms with Gasteiger partial charge in [0.15, 0.2) is 0 Å². The molecule has 0 saturated carbocycles. The summed E-state index contributed by atoms with van der Waals surface area (Å²) in [5.41, 5.74) is 11.6. The number of primary amides is 1. The average Bonchev–Trinajstić information content (AvgIpc) is 3.27. The molecule has 202 valence electrons. The number of amides is 4. The second-order valence-electron chi connectivity index (χ2n) is 9.67. The van der Waals surface area contributed by atoms with Crippen LogP contribution in [0, 0.1) is 11.8 Å². The van der Waals surface area contributed by atoms with Crippen LogP contribution in [-0.4, -0.2) is 68.8 Å². The van der Waals surface area contributed by atoms with Crippen LogP contribution in [0.2, 0.25) is 0 Å². The molecule has 4 atom stereocenters. The minimum absolute atomic E-state index is 0.0324. The molecule has 0 bridgehead atoms. The first-order valence-electron chi connectivity index (χ1n) is 11.9. The van der Waals surface area contributed by atoms with Gasteiger partial charge in [0.2, 0.25) is 23.6 Å². The largest absolute Gasteiger partial charge is 0.480 e. The SMILES string of the molecule is CC(C)CC(N)C(=O)NC(CCC(N)=O)C(=O)NC(CC(C)C)C(=O)NC(Cc1cnc[nH]1)C(=O)O. The summed E-state index contributed by atoms with van der Waals surface area (Å²) >= 11 is 0. The molecular formula is C23H39N7O6. The van der Waals surface area contributed by atoms with Crippen LogP contribution in [0.15, 0.2) is 12.5 Å². The lowest BCUT2D eigenvalue weighted by atomic mass is 10.0. The van der Waals surface area contributed by atoms with Crippen LogP contribution in [0.3, 0.4) is 0 Å². The summed E-state index contributed by atoms with van der Waals surface area (Å²) in [6.45, 7) is 7.47. The topological polar surface area (TPSA) is 222 Å². The van der Waals surface area contributed by atoms with Gasteiger partial charge in [-0.25, -0.2) is 9.78 Å². The number of carbonyl (C=O) groups is 5. The van der Waals surface area contributed by atoms with Crippen LogP contribution in [0.1, 0.15) is 59.1 Å². The standard InChI is InChI=1S/C23H39N7O6/c1-12(2)7-15(24)20(32)28-16(5-6-19(25)31)21(33)29-17(8-13(3)4)22(34)30-18(23(35)36)9-14-10-26-11-27-14/h10-13,15-18H,5-9,24H2,1-4H3,(H2,25,31)(H,26,27)(H,28,32)(H,29,33)(H,30,34)(H,35,36). The van der Waals surface area contributed by atoms with Crippen molar-refractivity contribution in [2.75, 3.05) is 0 Å². The number of carbonyl (C=O) groups excluding carboxylic acids is 4. The Morgan fingerprint density at radius 3 is 1.97 bits per heavy atom. The van der Waals surface area contributed by atoms with E-state index >= 15 is 0 Å². The zero-order chi connectivity index (χ0) is 27.4. The summed E-state index contributed by atoms with van der Waals surface area (Å²) in [6, 6.07) is -4.37. The van der Waals surface area contributed by atoms with E-state index < -0.39 is 53.8 Å². The van der Waals surface area contributed by atoms with E-state index in [4.69, 9.17) is 11.5 Å². The highest BCUT2D eigenvalue weighted by Crippen LogP contribution is 2.09. The number of aliphatic carboxylic acids is 1. The van der Waals surface area contributed by atoms with Gasteiger partial charge in [-0.15, -0.1) is 0 Å². The zero-order valence-corrected chi connectivity index (χ0v) is 21.2. The highest BCUT2D eigenvalue weighted by atomic mass is 16.4. The predicted molar refractivity (Wildman–Crippen MR) is 131 cm³/mol. The molecule has 13 heteroatoms. The lowest BCUT2D eigenvalue weighted by molar-refractivity contribution is -0.142. The maximum atomic E-state index is 13.1. The number of imidazole rings is 1. The first-order valence-corrected chi connectivity index (χ1v) is 11.9. The molecule has 4 amide bonds. The third-order valence-electron chi connectivity index (χ3n) is 5.31. The molecule has 4 unspecified atom stereocenters. The van der Waals surface area contributed by atoms with Crippen LogP contribution in [0.4, 0.5) is 0 Å². The van der Waals surface area contributed by atoms with E-state index in [0.29, 0.717) is 12.1 Å². The van der Waals surface area contributed by atoms with Crippen LogP contribution in [-0.2, 0) is 30.4 Å². The molecule has 0 radical (unpaired) electrons. The Morgan fingerprint density at radius 2 is 1.47 bits per heavy atom. The van der Waals surface area contributed by atoms with Crippen molar-refractivity contribution in [3.8, 4) is 0 Å². The van der Waals surface area contributed by atoms with Gasteiger partial charge in [-0.05, 0) is 31.1 Å². The highest BCUT2D eigenvalue weighted by Gasteiger charge is 2.31. The summed E-state index contributed by atoms with van der Waals surface area (Å²) in [5, 5.41) is 17.1. The Labute approximate surface area is 210 Å². The number of nitrogens with two attached hydrogens (primary N) is 2. The van der Waals surface area contributed by atoms with Crippen molar-refractivity contribution in [1.29, 1.82) is 0 Å². The van der Waals surface area contributed by atoms with E-state index in [1.54, 1.807) is 0 Å². The minimum atomic E-state index is -1.26. The first-order chi connectivity index (χ1) is 16.8. The molecule has 9 N–H and O–H groups in total. The summed E-state index contributed by atoms with van der Waals surface area (Å²) in [6.07, 6.45) is 3.14. The smallest absolute Gasteiger partial charge is 0.326 e. The quantitative estimate of drug-likeness (QED) is 0.149. The highest BCUT2D eigenvalue weighted by molar-refractivity contribution is 5.94. The minimum Gasteiger partial charge on any atom is -0.480 e.